The zero-order chi connectivity index (χ0) is 7.21. The summed E-state index contributed by atoms with van der Waals surface area (Å²) in [7, 11) is -4.64. The van der Waals surface area contributed by atoms with Crippen LogP contribution in [0.3, 0.4) is 0 Å². The van der Waals surface area contributed by atoms with E-state index in [1.54, 1.807) is 4.74 Å². The molecule has 0 aliphatic heterocycles. The second-order valence-corrected chi connectivity index (χ2v) is 1.76. The molecule has 0 amide bonds. The van der Waals surface area contributed by atoms with Crippen molar-refractivity contribution >= 4 is 25.5 Å². The predicted octanol–water partition coefficient (Wildman–Crippen LogP) is -1.29. The molecular formula is CH3LiNO4P. The molecule has 5 nitrogen and oxygen atoms in total. The van der Waals surface area contributed by atoms with Gasteiger partial charge in [0.2, 0.25) is 0 Å². The van der Waals surface area contributed by atoms with Crippen LogP contribution in [-0.4, -0.2) is 32.4 Å². The second-order valence-electron chi connectivity index (χ2n) is 0.737. The average Bonchev–Trinajstić information content (AvgIpc) is 1.27. The Balaban J connectivity index is 0. The molecule has 3 N–H and O–H groups in total. The van der Waals surface area contributed by atoms with Crippen molar-refractivity contribution in [3.8, 4) is 4.74 Å². The molecule has 0 fully saturated rings. The Morgan fingerprint density at radius 3 is 1.50 bits per heavy atom. The molecule has 0 heterocycles. The van der Waals surface area contributed by atoms with Gasteiger partial charge in [0.05, 0.1) is 0 Å². The molecule has 42 valence electrons. The Kier molecular flexibility index (Phi) is 7.38. The SMILES string of the molecule is O=P(O)(O)O.[Li][C]#N. The monoisotopic (exact) mass is 131 g/mol. The molecule has 0 aromatic heterocycles. The first-order valence-electron chi connectivity index (χ1n) is 1.51. The third-order valence-corrected chi connectivity index (χ3v) is 0. The van der Waals surface area contributed by atoms with Crippen molar-refractivity contribution in [1.82, 2.24) is 0 Å². The third kappa shape index (κ3) is 4300. The van der Waals surface area contributed by atoms with E-state index in [1.807, 2.05) is 0 Å². The first-order chi connectivity index (χ1) is 3.41. The fourth-order valence-electron chi connectivity index (χ4n) is 0. The molecule has 0 saturated carbocycles. The van der Waals surface area contributed by atoms with Crippen LogP contribution in [0.2, 0.25) is 0 Å². The normalized spacial score (nSPS) is 8.50. The molecule has 0 spiro atoms. The molecule has 0 radical (unpaired) electrons. The van der Waals surface area contributed by atoms with Crippen molar-refractivity contribution in [2.45, 2.75) is 0 Å². The van der Waals surface area contributed by atoms with E-state index in [2.05, 4.69) is 0 Å². The van der Waals surface area contributed by atoms with Gasteiger partial charge < -0.3 is 14.7 Å². The zero-order valence-corrected chi connectivity index (χ0v) is 5.04. The van der Waals surface area contributed by atoms with Crippen LogP contribution in [0.15, 0.2) is 0 Å². The van der Waals surface area contributed by atoms with E-state index in [0.717, 1.165) is 0 Å². The molecule has 8 heavy (non-hydrogen) atoms. The van der Waals surface area contributed by atoms with Crippen molar-refractivity contribution in [3.05, 3.63) is 0 Å². The number of nitrogens with zero attached hydrogens (tertiary/aromatic N) is 1. The fraction of sp³-hybridized carbons (Fsp3) is 0. The van der Waals surface area contributed by atoms with Crippen molar-refractivity contribution in [2.24, 2.45) is 0 Å². The molecule has 0 aromatic carbocycles. The van der Waals surface area contributed by atoms with Crippen LogP contribution in [0.1, 0.15) is 0 Å². The van der Waals surface area contributed by atoms with Crippen molar-refractivity contribution < 1.29 is 19.2 Å². The summed E-state index contributed by atoms with van der Waals surface area (Å²) >= 11 is 1.43. The number of hydrogen-bond donors (Lipinski definition) is 3. The number of phosphoric acid groups is 1. The van der Waals surface area contributed by atoms with E-state index in [1.165, 1.54) is 17.7 Å². The average molecular weight is 131 g/mol. The summed E-state index contributed by atoms with van der Waals surface area (Å²) in [4.78, 5) is 21.6. The van der Waals surface area contributed by atoms with Gasteiger partial charge in [0.25, 0.3) is 0 Å². The summed E-state index contributed by atoms with van der Waals surface area (Å²) in [5.74, 6) is 0. The van der Waals surface area contributed by atoms with Gasteiger partial charge in [-0.3, -0.25) is 0 Å². The van der Waals surface area contributed by atoms with Gasteiger partial charge in [-0.1, -0.05) is 0 Å². The molecule has 0 saturated heterocycles. The van der Waals surface area contributed by atoms with Gasteiger partial charge >= 0.3 is 35.5 Å². The predicted molar refractivity (Wildman–Crippen MR) is 25.6 cm³/mol. The Bertz CT molecular complexity index is 114. The van der Waals surface area contributed by atoms with Crippen LogP contribution in [0.4, 0.5) is 0 Å². The van der Waals surface area contributed by atoms with Gasteiger partial charge in [0.15, 0.2) is 0 Å². The van der Waals surface area contributed by atoms with Gasteiger partial charge in [0, 0.05) is 0 Å². The number of nitriles is 1. The summed E-state index contributed by atoms with van der Waals surface area (Å²) in [6, 6.07) is 0. The van der Waals surface area contributed by atoms with Crippen molar-refractivity contribution in [3.63, 3.8) is 0 Å². The molecule has 0 rings (SSSR count). The Morgan fingerprint density at radius 1 is 1.50 bits per heavy atom. The molecule has 7 heteroatoms. The minimum absolute atomic E-state index is 1.43. The minimum atomic E-state index is -4.64. The van der Waals surface area contributed by atoms with Gasteiger partial charge in [-0.05, 0) is 0 Å². The Labute approximate surface area is 55.4 Å². The van der Waals surface area contributed by atoms with Crippen LogP contribution in [0, 0.1) is 10.0 Å². The summed E-state index contributed by atoms with van der Waals surface area (Å²) in [5.41, 5.74) is 0. The van der Waals surface area contributed by atoms with Gasteiger partial charge in [-0.25, -0.2) is 4.57 Å². The standard InChI is InChI=1S/CN.Li.H3O4P/c1-2;;1-5(2,3)4/h;;(H3,1,2,3,4). The van der Waals surface area contributed by atoms with Crippen LogP contribution in [-0.2, 0) is 4.57 Å². The summed E-state index contributed by atoms with van der Waals surface area (Å²) in [6.45, 7) is 0. The van der Waals surface area contributed by atoms with Gasteiger partial charge in [-0.2, -0.15) is 0 Å². The maximum atomic E-state index is 8.88. The quantitative estimate of drug-likeness (QED) is 0.280. The maximum absolute atomic E-state index is 8.88. The molecule has 0 bridgehead atoms. The van der Waals surface area contributed by atoms with Crippen LogP contribution in [0.5, 0.6) is 0 Å². The second kappa shape index (κ2) is 5.34. The van der Waals surface area contributed by atoms with E-state index >= 15 is 0 Å². The number of hydrogen-bond acceptors (Lipinski definition) is 2. The van der Waals surface area contributed by atoms with Crippen LogP contribution in [0.25, 0.3) is 0 Å². The molecule has 0 aliphatic rings. The van der Waals surface area contributed by atoms with Crippen molar-refractivity contribution in [1.29, 1.82) is 5.26 Å². The molecule has 0 atom stereocenters. The number of rotatable bonds is 0. The summed E-state index contributed by atoms with van der Waals surface area (Å²) in [5, 5.41) is 7.32. The van der Waals surface area contributed by atoms with E-state index in [4.69, 9.17) is 24.5 Å². The van der Waals surface area contributed by atoms with Crippen LogP contribution >= 0.6 is 7.82 Å². The van der Waals surface area contributed by atoms with E-state index in [-0.39, 0.29) is 0 Å². The first kappa shape index (κ1) is 11.1. The van der Waals surface area contributed by atoms with Crippen molar-refractivity contribution in [2.75, 3.05) is 0 Å². The van der Waals surface area contributed by atoms with Crippen LogP contribution < -0.4 is 0 Å². The van der Waals surface area contributed by atoms with E-state index in [0.29, 0.717) is 0 Å². The zero-order valence-electron chi connectivity index (χ0n) is 4.14. The fourth-order valence-corrected chi connectivity index (χ4v) is 0. The first-order valence-corrected chi connectivity index (χ1v) is 3.07. The summed E-state index contributed by atoms with van der Waals surface area (Å²) < 4.78 is 10.6. The third-order valence-electron chi connectivity index (χ3n) is 0. The van der Waals surface area contributed by atoms with E-state index in [9.17, 15) is 0 Å². The topological polar surface area (TPSA) is 102 Å². The van der Waals surface area contributed by atoms with Gasteiger partial charge in [-0.15, -0.1) is 0 Å². The molecule has 0 unspecified atom stereocenters. The van der Waals surface area contributed by atoms with E-state index < -0.39 is 7.82 Å². The molecular weight excluding hydrogens is 128 g/mol. The molecule has 0 aliphatic carbocycles. The molecule has 0 aromatic rings. The Hall–Kier alpha value is 0.197. The van der Waals surface area contributed by atoms with Gasteiger partial charge in [0.1, 0.15) is 0 Å². The summed E-state index contributed by atoms with van der Waals surface area (Å²) in [6.07, 6.45) is 0. The Morgan fingerprint density at radius 2 is 1.50 bits per heavy atom.